The maximum Gasteiger partial charge on any atom is 0.280 e. The minimum absolute atomic E-state index is 0.304. The first-order valence-electron chi connectivity index (χ1n) is 7.55. The molecule has 4 rings (SSSR count). The zero-order chi connectivity index (χ0) is 16.1. The van der Waals surface area contributed by atoms with Crippen molar-refractivity contribution in [3.05, 3.63) is 64.1 Å². The van der Waals surface area contributed by atoms with E-state index in [-0.39, 0.29) is 11.7 Å². The fraction of sp³-hybridized carbons (Fsp3) is 0.222. The molecule has 0 amide bonds. The number of hydrogen-bond acceptors (Lipinski definition) is 2. The zero-order valence-electron chi connectivity index (χ0n) is 12.5. The molecule has 5 heteroatoms. The number of carbonyl (C=O) groups is 1. The van der Waals surface area contributed by atoms with E-state index in [1.807, 2.05) is 12.1 Å². The summed E-state index contributed by atoms with van der Waals surface area (Å²) in [7, 11) is 0. The molecule has 2 aromatic carbocycles. The summed E-state index contributed by atoms with van der Waals surface area (Å²) in [6, 6.07) is 10.2. The van der Waals surface area contributed by atoms with Gasteiger partial charge in [0.05, 0.1) is 27.2 Å². The number of nitrogens with zero attached hydrogens (tertiary/aromatic N) is 2. The van der Waals surface area contributed by atoms with Crippen LogP contribution in [0, 0.1) is 12.7 Å². The Bertz CT molecular complexity index is 944. The van der Waals surface area contributed by atoms with Crippen LogP contribution < -0.4 is 0 Å². The van der Waals surface area contributed by atoms with E-state index in [4.69, 9.17) is 11.6 Å². The summed E-state index contributed by atoms with van der Waals surface area (Å²) in [5.74, 6) is -0.297. The Kier molecular flexibility index (Phi) is 3.23. The smallest absolute Gasteiger partial charge is 0.267 e. The lowest BCUT2D eigenvalue weighted by Gasteiger charge is -2.10. The minimum atomic E-state index is -0.374. The van der Waals surface area contributed by atoms with Gasteiger partial charge in [0.2, 0.25) is 0 Å². The molecule has 1 fully saturated rings. The van der Waals surface area contributed by atoms with E-state index in [1.54, 1.807) is 25.1 Å². The lowest BCUT2D eigenvalue weighted by atomic mass is 10.0. The van der Waals surface area contributed by atoms with Crippen LogP contribution in [-0.2, 0) is 0 Å². The highest BCUT2D eigenvalue weighted by atomic mass is 35.5. The van der Waals surface area contributed by atoms with Crippen molar-refractivity contribution in [3.63, 3.8) is 0 Å². The molecule has 0 unspecified atom stereocenters. The van der Waals surface area contributed by atoms with Crippen molar-refractivity contribution < 1.29 is 9.18 Å². The quantitative estimate of drug-likeness (QED) is 0.683. The second-order valence-corrected chi connectivity index (χ2v) is 6.32. The Morgan fingerprint density at radius 3 is 2.74 bits per heavy atom. The molecule has 116 valence electrons. The zero-order valence-corrected chi connectivity index (χ0v) is 13.3. The predicted molar refractivity (Wildman–Crippen MR) is 87.6 cm³/mol. The average Bonchev–Trinajstić information content (AvgIpc) is 3.31. The SMILES string of the molecule is Cc1nn(C(=O)c2c(Cl)cccc2C2CC2)c2cccc(F)c12. The molecule has 0 saturated heterocycles. The molecular formula is C18H14ClFN2O. The first-order chi connectivity index (χ1) is 11.1. The van der Waals surface area contributed by atoms with Crippen LogP contribution in [0.25, 0.3) is 10.9 Å². The standard InChI is InChI=1S/C18H14ClFN2O/c1-10-16-14(20)6-3-7-15(16)22(21-10)18(23)17-12(11-8-9-11)4-2-5-13(17)19/h2-7,11H,8-9H2,1H3. The summed E-state index contributed by atoms with van der Waals surface area (Å²) >= 11 is 6.30. The average molecular weight is 329 g/mol. The highest BCUT2D eigenvalue weighted by Crippen LogP contribution is 2.43. The number of carbonyl (C=O) groups excluding carboxylic acids is 1. The largest absolute Gasteiger partial charge is 0.280 e. The maximum absolute atomic E-state index is 14.0. The van der Waals surface area contributed by atoms with E-state index >= 15 is 0 Å². The van der Waals surface area contributed by atoms with Gasteiger partial charge in [0.25, 0.3) is 5.91 Å². The van der Waals surface area contributed by atoms with Crippen LogP contribution in [0.15, 0.2) is 36.4 Å². The summed E-state index contributed by atoms with van der Waals surface area (Å²) in [5, 5.41) is 5.05. The highest BCUT2D eigenvalue weighted by molar-refractivity contribution is 6.34. The highest BCUT2D eigenvalue weighted by Gasteiger charge is 2.30. The molecule has 1 heterocycles. The third-order valence-corrected chi connectivity index (χ3v) is 4.62. The van der Waals surface area contributed by atoms with E-state index in [9.17, 15) is 9.18 Å². The molecule has 0 bridgehead atoms. The van der Waals surface area contributed by atoms with Crippen LogP contribution >= 0.6 is 11.6 Å². The van der Waals surface area contributed by atoms with Crippen LogP contribution in [0.5, 0.6) is 0 Å². The van der Waals surface area contributed by atoms with Crippen LogP contribution in [-0.4, -0.2) is 15.7 Å². The molecule has 23 heavy (non-hydrogen) atoms. The van der Waals surface area contributed by atoms with Crippen molar-refractivity contribution in [2.24, 2.45) is 0 Å². The molecule has 0 atom stereocenters. The van der Waals surface area contributed by atoms with Crippen LogP contribution in [0.3, 0.4) is 0 Å². The van der Waals surface area contributed by atoms with Gasteiger partial charge in [0.15, 0.2) is 0 Å². The van der Waals surface area contributed by atoms with Gasteiger partial charge in [-0.3, -0.25) is 4.79 Å². The van der Waals surface area contributed by atoms with Crippen molar-refractivity contribution in [1.29, 1.82) is 0 Å². The second kappa shape index (κ2) is 5.17. The molecule has 3 nitrogen and oxygen atoms in total. The summed E-state index contributed by atoms with van der Waals surface area (Å²) < 4.78 is 15.3. The molecular weight excluding hydrogens is 315 g/mol. The third kappa shape index (κ3) is 2.25. The molecule has 1 aliphatic carbocycles. The van der Waals surface area contributed by atoms with E-state index in [1.165, 1.54) is 10.7 Å². The van der Waals surface area contributed by atoms with Gasteiger partial charge in [-0.1, -0.05) is 29.8 Å². The molecule has 0 spiro atoms. The van der Waals surface area contributed by atoms with Gasteiger partial charge < -0.3 is 0 Å². The Morgan fingerprint density at radius 2 is 2.00 bits per heavy atom. The fourth-order valence-corrected chi connectivity index (χ4v) is 3.33. The van der Waals surface area contributed by atoms with E-state index < -0.39 is 0 Å². The summed E-state index contributed by atoms with van der Waals surface area (Å²) in [5.41, 5.74) is 2.39. The van der Waals surface area contributed by atoms with Crippen molar-refractivity contribution in [2.45, 2.75) is 25.7 Å². The van der Waals surface area contributed by atoms with Crippen molar-refractivity contribution >= 4 is 28.4 Å². The van der Waals surface area contributed by atoms with Gasteiger partial charge in [0.1, 0.15) is 5.82 Å². The maximum atomic E-state index is 14.0. The Labute approximate surface area is 137 Å². The lowest BCUT2D eigenvalue weighted by molar-refractivity contribution is 0.0949. The molecule has 1 saturated carbocycles. The molecule has 1 aliphatic rings. The van der Waals surface area contributed by atoms with Gasteiger partial charge in [0, 0.05) is 0 Å². The predicted octanol–water partition coefficient (Wildman–Crippen LogP) is 4.70. The normalized spacial score (nSPS) is 14.4. The second-order valence-electron chi connectivity index (χ2n) is 5.91. The van der Waals surface area contributed by atoms with E-state index in [2.05, 4.69) is 5.10 Å². The Balaban J connectivity index is 1.93. The minimum Gasteiger partial charge on any atom is -0.267 e. The van der Waals surface area contributed by atoms with E-state index in [0.29, 0.717) is 33.1 Å². The first kappa shape index (κ1) is 14.4. The summed E-state index contributed by atoms with van der Waals surface area (Å²) in [6.07, 6.45) is 2.13. The van der Waals surface area contributed by atoms with Crippen LogP contribution in [0.4, 0.5) is 4.39 Å². The van der Waals surface area contributed by atoms with Gasteiger partial charge in [-0.15, -0.1) is 0 Å². The van der Waals surface area contributed by atoms with Gasteiger partial charge >= 0.3 is 0 Å². The lowest BCUT2D eigenvalue weighted by Crippen LogP contribution is -2.16. The summed E-state index contributed by atoms with van der Waals surface area (Å²) in [6.45, 7) is 1.70. The number of benzene rings is 2. The monoisotopic (exact) mass is 328 g/mol. The van der Waals surface area contributed by atoms with Crippen LogP contribution in [0.1, 0.15) is 40.4 Å². The third-order valence-electron chi connectivity index (χ3n) is 4.30. The first-order valence-corrected chi connectivity index (χ1v) is 7.92. The van der Waals surface area contributed by atoms with E-state index in [0.717, 1.165) is 18.4 Å². The van der Waals surface area contributed by atoms with Crippen LogP contribution in [0.2, 0.25) is 5.02 Å². The van der Waals surface area contributed by atoms with Gasteiger partial charge in [-0.25, -0.2) is 4.39 Å². The van der Waals surface area contributed by atoms with Crippen molar-refractivity contribution in [2.75, 3.05) is 0 Å². The van der Waals surface area contributed by atoms with Crippen molar-refractivity contribution in [1.82, 2.24) is 9.78 Å². The number of aryl methyl sites for hydroxylation is 1. The Morgan fingerprint density at radius 1 is 1.26 bits per heavy atom. The Hall–Kier alpha value is -2.20. The molecule has 3 aromatic rings. The van der Waals surface area contributed by atoms with Gasteiger partial charge in [-0.05, 0) is 49.4 Å². The molecule has 1 aromatic heterocycles. The summed E-state index contributed by atoms with van der Waals surface area (Å²) in [4.78, 5) is 13.1. The van der Waals surface area contributed by atoms with Gasteiger partial charge in [-0.2, -0.15) is 9.78 Å². The fourth-order valence-electron chi connectivity index (χ4n) is 3.06. The van der Waals surface area contributed by atoms with Crippen molar-refractivity contribution in [3.8, 4) is 0 Å². The molecule has 0 radical (unpaired) electrons. The number of fused-ring (bicyclic) bond motifs is 1. The number of aromatic nitrogens is 2. The molecule has 0 aliphatic heterocycles. The number of hydrogen-bond donors (Lipinski definition) is 0. The number of rotatable bonds is 2. The topological polar surface area (TPSA) is 34.9 Å². The number of halogens is 2. The molecule has 0 N–H and O–H groups in total.